The van der Waals surface area contributed by atoms with E-state index >= 15 is 0 Å². The van der Waals surface area contributed by atoms with Crippen LogP contribution in [0.1, 0.15) is 73.3 Å². The van der Waals surface area contributed by atoms with E-state index in [2.05, 4.69) is 26.7 Å². The summed E-state index contributed by atoms with van der Waals surface area (Å²) in [5.41, 5.74) is 2.03. The molecule has 1 fully saturated rings. The summed E-state index contributed by atoms with van der Waals surface area (Å²) in [6.45, 7) is 5.26. The average Bonchev–Trinajstić information content (AvgIpc) is 3.35. The lowest BCUT2D eigenvalue weighted by molar-refractivity contribution is -0.0462. The number of nitrogens with zero attached hydrogens (tertiary/aromatic N) is 3. The van der Waals surface area contributed by atoms with Crippen LogP contribution in [0.2, 0.25) is 5.02 Å². The van der Waals surface area contributed by atoms with Crippen LogP contribution in [-0.2, 0) is 35.3 Å². The molecule has 0 unspecified atom stereocenters. The van der Waals surface area contributed by atoms with Crippen LogP contribution in [0.5, 0.6) is 5.75 Å². The lowest BCUT2D eigenvalue weighted by Crippen LogP contribution is -2.53. The minimum atomic E-state index is -3.99. The zero-order chi connectivity index (χ0) is 33.8. The number of aryl methyl sites for hydroxylation is 2. The summed E-state index contributed by atoms with van der Waals surface area (Å²) in [5.74, 6) is 0.634. The molecule has 7 rings (SSSR count). The molecule has 3 aromatic rings. The van der Waals surface area contributed by atoms with E-state index in [1.54, 1.807) is 31.3 Å². The maximum absolute atomic E-state index is 13.5. The van der Waals surface area contributed by atoms with E-state index in [4.69, 9.17) is 16.3 Å². The van der Waals surface area contributed by atoms with Gasteiger partial charge in [-0.1, -0.05) is 36.7 Å². The molecule has 0 radical (unpaired) electrons. The molecule has 256 valence electrons. The molecule has 2 aliphatic carbocycles. The van der Waals surface area contributed by atoms with Gasteiger partial charge in [0, 0.05) is 55.0 Å². The van der Waals surface area contributed by atoms with Gasteiger partial charge in [-0.3, -0.25) is 4.79 Å². The Bertz CT molecular complexity index is 1860. The number of anilines is 1. The summed E-state index contributed by atoms with van der Waals surface area (Å²) in [6.07, 6.45) is 13.0. The van der Waals surface area contributed by atoms with Crippen molar-refractivity contribution in [2.24, 2.45) is 24.8 Å². The monoisotopic (exact) mass is 692 g/mol. The molecule has 1 saturated carbocycles. The minimum Gasteiger partial charge on any atom is -0.490 e. The number of hydrogen-bond donors (Lipinski definition) is 2. The van der Waals surface area contributed by atoms with E-state index < -0.39 is 26.8 Å². The minimum absolute atomic E-state index is 0.0395. The summed E-state index contributed by atoms with van der Waals surface area (Å²) in [5, 5.41) is 12.4. The molecule has 2 N–H and O–H groups in total. The SMILES string of the molecule is C[C@@H]1[C@@H](C)C/C=C\[C@](O)(Cc2nccn2C)[C@@H]2CC[C@H]2CN2C[C@@]3(CCCc4cc(Cl)ccc43)COc3ccc(cc32)C(=O)NS1(=O)=O. The Labute approximate surface area is 288 Å². The number of amides is 1. The van der Waals surface area contributed by atoms with Crippen LogP contribution in [-0.4, -0.2) is 59.5 Å². The molecule has 6 atom stereocenters. The number of fused-ring (bicyclic) bond motifs is 4. The predicted octanol–water partition coefficient (Wildman–Crippen LogP) is 5.59. The molecule has 1 spiro atoms. The number of allylic oxidation sites excluding steroid dienone is 1. The maximum atomic E-state index is 13.5. The number of rotatable bonds is 2. The van der Waals surface area contributed by atoms with Crippen LogP contribution in [0.3, 0.4) is 0 Å². The zero-order valence-electron chi connectivity index (χ0n) is 27.9. The number of imidazole rings is 1. The number of nitrogens with one attached hydrogen (secondary N) is 1. The molecule has 4 aliphatic rings. The van der Waals surface area contributed by atoms with Gasteiger partial charge in [-0.05, 0) is 105 Å². The summed E-state index contributed by atoms with van der Waals surface area (Å²) in [6, 6.07) is 11.4. The van der Waals surface area contributed by atoms with Crippen molar-refractivity contribution in [2.75, 3.05) is 24.6 Å². The number of aliphatic hydroxyl groups is 1. The smallest absolute Gasteiger partial charge is 0.264 e. The number of hydrogen-bond acceptors (Lipinski definition) is 7. The quantitative estimate of drug-likeness (QED) is 0.337. The number of benzene rings is 2. The van der Waals surface area contributed by atoms with Crippen molar-refractivity contribution in [1.29, 1.82) is 0 Å². The molecule has 2 aliphatic heterocycles. The van der Waals surface area contributed by atoms with Crippen LogP contribution in [0.15, 0.2) is 60.9 Å². The maximum Gasteiger partial charge on any atom is 0.264 e. The molecule has 11 heteroatoms. The van der Waals surface area contributed by atoms with Gasteiger partial charge in [0.25, 0.3) is 5.91 Å². The van der Waals surface area contributed by atoms with E-state index in [1.807, 2.05) is 43.0 Å². The standard InChI is InChI=1S/C37H45ClN4O5S/c1-24-6-4-15-37(44,20-34-39-16-17-41(34)3)31-11-8-28(31)21-42-22-36(14-5-7-26-18-29(38)10-12-30(26)36)23-47-33-13-9-27(19-32(33)42)35(43)40-48(45,46)25(24)2/h4,9-10,12-13,15-19,24-25,28,31,44H,5-8,11,14,20-23H2,1-3H3,(H,40,43)/b15-4-/t24-,25+,28-,31+,36-,37-/m0/s1. The fraction of sp³-hybridized carbons (Fsp3) is 0.514. The topological polar surface area (TPSA) is 114 Å². The highest BCUT2D eigenvalue weighted by molar-refractivity contribution is 7.90. The molecule has 48 heavy (non-hydrogen) atoms. The molecule has 2 aromatic carbocycles. The first kappa shape index (κ1) is 33.2. The fourth-order valence-corrected chi connectivity index (χ4v) is 9.86. The first-order valence-corrected chi connectivity index (χ1v) is 19.0. The number of halogens is 1. The van der Waals surface area contributed by atoms with E-state index in [1.165, 1.54) is 11.1 Å². The molecule has 9 nitrogen and oxygen atoms in total. The van der Waals surface area contributed by atoms with E-state index in [-0.39, 0.29) is 28.7 Å². The van der Waals surface area contributed by atoms with Crippen LogP contribution in [0.25, 0.3) is 0 Å². The third-order valence-electron chi connectivity index (χ3n) is 11.6. The molecule has 3 heterocycles. The van der Waals surface area contributed by atoms with Crippen molar-refractivity contribution in [1.82, 2.24) is 14.3 Å². The number of aromatic nitrogens is 2. The lowest BCUT2D eigenvalue weighted by atomic mass is 9.63. The molecular formula is C37H45ClN4O5S. The average molecular weight is 693 g/mol. The van der Waals surface area contributed by atoms with Crippen molar-refractivity contribution < 1.29 is 23.1 Å². The number of ether oxygens (including phenoxy) is 1. The normalized spacial score (nSPS) is 32.2. The number of carbonyl (C=O) groups excluding carboxylic acids is 1. The number of carbonyl (C=O) groups is 1. The van der Waals surface area contributed by atoms with Gasteiger partial charge in [-0.2, -0.15) is 0 Å². The van der Waals surface area contributed by atoms with Gasteiger partial charge in [0.15, 0.2) is 0 Å². The van der Waals surface area contributed by atoms with Gasteiger partial charge in [0.1, 0.15) is 11.6 Å². The van der Waals surface area contributed by atoms with E-state index in [9.17, 15) is 18.3 Å². The van der Waals surface area contributed by atoms with Gasteiger partial charge < -0.3 is 19.3 Å². The second kappa shape index (κ2) is 12.5. The van der Waals surface area contributed by atoms with Crippen LogP contribution < -0.4 is 14.4 Å². The summed E-state index contributed by atoms with van der Waals surface area (Å²) in [7, 11) is -2.05. The van der Waals surface area contributed by atoms with Gasteiger partial charge in [-0.15, -0.1) is 0 Å². The van der Waals surface area contributed by atoms with Crippen molar-refractivity contribution in [2.45, 2.75) is 75.1 Å². The van der Waals surface area contributed by atoms with Gasteiger partial charge >= 0.3 is 0 Å². The van der Waals surface area contributed by atoms with Crippen LogP contribution >= 0.6 is 11.6 Å². The zero-order valence-corrected chi connectivity index (χ0v) is 29.4. The van der Waals surface area contributed by atoms with Crippen molar-refractivity contribution in [3.8, 4) is 5.75 Å². The van der Waals surface area contributed by atoms with Crippen molar-refractivity contribution in [3.63, 3.8) is 0 Å². The van der Waals surface area contributed by atoms with Gasteiger partial charge in [0.2, 0.25) is 10.0 Å². The van der Waals surface area contributed by atoms with E-state index in [0.29, 0.717) is 38.3 Å². The Kier molecular flexibility index (Phi) is 8.65. The molecule has 1 aromatic heterocycles. The van der Waals surface area contributed by atoms with Crippen molar-refractivity contribution >= 4 is 33.2 Å². The third kappa shape index (κ3) is 6.05. The Morgan fingerprint density at radius 2 is 2.00 bits per heavy atom. The largest absolute Gasteiger partial charge is 0.490 e. The van der Waals surface area contributed by atoms with E-state index in [0.717, 1.165) is 48.6 Å². The molecule has 1 amide bonds. The highest BCUT2D eigenvalue weighted by atomic mass is 35.5. The molecule has 0 saturated heterocycles. The van der Waals surface area contributed by atoms with Crippen LogP contribution in [0.4, 0.5) is 5.69 Å². The Morgan fingerprint density at radius 3 is 2.75 bits per heavy atom. The van der Waals surface area contributed by atoms with Crippen molar-refractivity contribution in [3.05, 3.63) is 88.5 Å². The van der Waals surface area contributed by atoms with Crippen LogP contribution in [0, 0.1) is 17.8 Å². The highest BCUT2D eigenvalue weighted by Gasteiger charge is 2.48. The Morgan fingerprint density at radius 1 is 1.17 bits per heavy atom. The Hall–Kier alpha value is -3.34. The first-order valence-electron chi connectivity index (χ1n) is 17.1. The second-order valence-corrected chi connectivity index (χ2v) is 17.1. The highest BCUT2D eigenvalue weighted by Crippen LogP contribution is 2.49. The fourth-order valence-electron chi connectivity index (χ4n) is 8.38. The molecule has 2 bridgehead atoms. The Balaban J connectivity index is 1.33. The first-order chi connectivity index (χ1) is 22.9. The molecular weight excluding hydrogens is 648 g/mol. The number of sulfonamides is 1. The lowest BCUT2D eigenvalue weighted by Gasteiger charge is -2.49. The van der Waals surface area contributed by atoms with Gasteiger partial charge in [-0.25, -0.2) is 18.1 Å². The van der Waals surface area contributed by atoms with Gasteiger partial charge in [0.05, 0.1) is 23.1 Å². The second-order valence-electron chi connectivity index (χ2n) is 14.7. The summed E-state index contributed by atoms with van der Waals surface area (Å²) >= 11 is 6.44. The third-order valence-corrected chi connectivity index (χ3v) is 13.8. The summed E-state index contributed by atoms with van der Waals surface area (Å²) < 4.78 is 37.8. The predicted molar refractivity (Wildman–Crippen MR) is 187 cm³/mol. The summed E-state index contributed by atoms with van der Waals surface area (Å²) in [4.78, 5) is 20.4.